The molecule has 2 heterocycles. The third-order valence-corrected chi connectivity index (χ3v) is 7.56. The van der Waals surface area contributed by atoms with E-state index in [-0.39, 0.29) is 17.1 Å². The van der Waals surface area contributed by atoms with Crippen molar-refractivity contribution in [2.45, 2.75) is 24.0 Å². The minimum atomic E-state index is -3.57. The predicted molar refractivity (Wildman–Crippen MR) is 104 cm³/mol. The average Bonchev–Trinajstić information content (AvgIpc) is 3.16. The van der Waals surface area contributed by atoms with Crippen LogP contribution in [0.2, 0.25) is 0 Å². The zero-order valence-electron chi connectivity index (χ0n) is 14.9. The highest BCUT2D eigenvalue weighted by Gasteiger charge is 2.32. The Morgan fingerprint density at radius 2 is 1.81 bits per heavy atom. The second kappa shape index (κ2) is 8.09. The van der Waals surface area contributed by atoms with E-state index in [0.29, 0.717) is 37.8 Å². The zero-order valence-corrected chi connectivity index (χ0v) is 17.8. The summed E-state index contributed by atoms with van der Waals surface area (Å²) in [5, 5.41) is 0. The maximum Gasteiger partial charge on any atom is 0.254 e. The summed E-state index contributed by atoms with van der Waals surface area (Å²) in [5.74, 6) is 0.179. The van der Waals surface area contributed by atoms with E-state index < -0.39 is 10.0 Å². The van der Waals surface area contributed by atoms with Crippen molar-refractivity contribution >= 4 is 38.5 Å². The Kier molecular flexibility index (Phi) is 6.22. The van der Waals surface area contributed by atoms with Gasteiger partial charge in [-0.15, -0.1) is 0 Å². The Morgan fingerprint density at radius 1 is 1.19 bits per heavy atom. The first-order chi connectivity index (χ1) is 12.3. The van der Waals surface area contributed by atoms with Crippen molar-refractivity contribution in [2.75, 3.05) is 40.4 Å². The molecule has 3 rings (SSSR count). The Labute approximate surface area is 167 Å². The normalized spacial score (nSPS) is 20.1. The fraction of sp³-hybridized carbons (Fsp3) is 0.588. The van der Waals surface area contributed by atoms with Gasteiger partial charge in [-0.3, -0.25) is 4.79 Å². The highest BCUT2D eigenvalue weighted by molar-refractivity contribution is 14.1. The molecular weight excluding hydrogens is 471 g/mol. The molecule has 0 radical (unpaired) electrons. The molecule has 1 amide bonds. The molecule has 7 nitrogen and oxygen atoms in total. The van der Waals surface area contributed by atoms with Crippen LogP contribution in [-0.2, 0) is 19.5 Å². The fourth-order valence-electron chi connectivity index (χ4n) is 3.23. The number of amides is 1. The number of carbonyl (C=O) groups is 1. The van der Waals surface area contributed by atoms with Crippen molar-refractivity contribution in [3.05, 3.63) is 27.3 Å². The fourth-order valence-corrected chi connectivity index (χ4v) is 4.73. The van der Waals surface area contributed by atoms with Crippen LogP contribution in [0.25, 0.3) is 0 Å². The van der Waals surface area contributed by atoms with Crippen molar-refractivity contribution in [2.24, 2.45) is 5.92 Å². The molecule has 1 aromatic rings. The van der Waals surface area contributed by atoms with Gasteiger partial charge < -0.3 is 14.4 Å². The van der Waals surface area contributed by atoms with E-state index in [1.54, 1.807) is 11.0 Å². The van der Waals surface area contributed by atoms with E-state index in [4.69, 9.17) is 9.47 Å². The Balaban J connectivity index is 1.74. The molecule has 0 saturated carbocycles. The number of sulfonamides is 1. The van der Waals surface area contributed by atoms with E-state index in [1.807, 2.05) is 0 Å². The van der Waals surface area contributed by atoms with Crippen LogP contribution in [0.15, 0.2) is 23.1 Å². The molecule has 2 aliphatic rings. The van der Waals surface area contributed by atoms with E-state index in [1.165, 1.54) is 26.2 Å². The topological polar surface area (TPSA) is 76.2 Å². The summed E-state index contributed by atoms with van der Waals surface area (Å²) in [7, 11) is -0.616. The lowest BCUT2D eigenvalue weighted by Gasteiger charge is -2.34. The molecule has 0 spiro atoms. The van der Waals surface area contributed by atoms with Crippen LogP contribution in [-0.4, -0.2) is 70.2 Å². The largest absolute Gasteiger partial charge is 0.350 e. The highest BCUT2D eigenvalue weighted by atomic mass is 127. The minimum Gasteiger partial charge on any atom is -0.350 e. The summed E-state index contributed by atoms with van der Waals surface area (Å²) in [6.45, 7) is 2.51. The van der Waals surface area contributed by atoms with Crippen molar-refractivity contribution < 1.29 is 22.7 Å². The molecule has 2 aliphatic heterocycles. The lowest BCUT2D eigenvalue weighted by Crippen LogP contribution is -2.41. The van der Waals surface area contributed by atoms with Gasteiger partial charge in [0.1, 0.15) is 0 Å². The maximum atomic E-state index is 12.9. The molecule has 0 atom stereocenters. The van der Waals surface area contributed by atoms with Gasteiger partial charge in [0.15, 0.2) is 6.29 Å². The first-order valence-corrected chi connectivity index (χ1v) is 11.1. The van der Waals surface area contributed by atoms with E-state index in [9.17, 15) is 13.2 Å². The molecule has 0 aromatic heterocycles. The third kappa shape index (κ3) is 4.06. The standard InChI is InChI=1S/C17H23IN2O5S/c1-19(2)26(22,23)13-3-4-15(18)14(11-13)16(21)20-7-5-12(6-8-20)17-24-9-10-25-17/h3-4,11-12,17H,5-10H2,1-2H3. The summed E-state index contributed by atoms with van der Waals surface area (Å²) in [4.78, 5) is 14.9. The van der Waals surface area contributed by atoms with Crippen LogP contribution in [0.3, 0.4) is 0 Å². The van der Waals surface area contributed by atoms with Crippen LogP contribution in [0, 0.1) is 9.49 Å². The molecule has 26 heavy (non-hydrogen) atoms. The Morgan fingerprint density at radius 3 is 2.38 bits per heavy atom. The second-order valence-corrected chi connectivity index (χ2v) is 9.98. The van der Waals surface area contributed by atoms with E-state index in [2.05, 4.69) is 22.6 Å². The monoisotopic (exact) mass is 494 g/mol. The van der Waals surface area contributed by atoms with Crippen molar-refractivity contribution in [3.8, 4) is 0 Å². The first-order valence-electron chi connectivity index (χ1n) is 8.55. The molecule has 2 saturated heterocycles. The second-order valence-electron chi connectivity index (χ2n) is 6.67. The summed E-state index contributed by atoms with van der Waals surface area (Å²) < 4.78 is 37.7. The van der Waals surface area contributed by atoms with Gasteiger partial charge in [0.2, 0.25) is 10.0 Å². The molecule has 2 fully saturated rings. The first kappa shape index (κ1) is 20.0. The van der Waals surface area contributed by atoms with Gasteiger partial charge in [-0.25, -0.2) is 12.7 Å². The zero-order chi connectivity index (χ0) is 18.9. The van der Waals surface area contributed by atoms with Crippen molar-refractivity contribution in [3.63, 3.8) is 0 Å². The number of ether oxygens (including phenoxy) is 2. The molecule has 0 bridgehead atoms. The average molecular weight is 494 g/mol. The minimum absolute atomic E-state index is 0.128. The van der Waals surface area contributed by atoms with Gasteiger partial charge in [0, 0.05) is 36.7 Å². The van der Waals surface area contributed by atoms with E-state index in [0.717, 1.165) is 20.7 Å². The summed E-state index contributed by atoms with van der Waals surface area (Å²) in [6, 6.07) is 4.70. The van der Waals surface area contributed by atoms with Gasteiger partial charge in [-0.05, 0) is 53.6 Å². The number of likely N-dealkylation sites (tertiary alicyclic amines) is 1. The lowest BCUT2D eigenvalue weighted by molar-refractivity contribution is -0.0956. The van der Waals surface area contributed by atoms with Gasteiger partial charge in [-0.1, -0.05) is 0 Å². The smallest absolute Gasteiger partial charge is 0.254 e. The van der Waals surface area contributed by atoms with Crippen LogP contribution < -0.4 is 0 Å². The Hall–Kier alpha value is -0.750. The molecule has 0 aliphatic carbocycles. The van der Waals surface area contributed by atoms with Crippen LogP contribution >= 0.6 is 22.6 Å². The Bertz CT molecular complexity index is 769. The molecule has 9 heteroatoms. The number of hydrogen-bond donors (Lipinski definition) is 0. The number of piperidine rings is 1. The van der Waals surface area contributed by atoms with Crippen LogP contribution in [0.5, 0.6) is 0 Å². The summed E-state index contributed by atoms with van der Waals surface area (Å²) >= 11 is 2.07. The molecule has 1 aromatic carbocycles. The van der Waals surface area contributed by atoms with Gasteiger partial charge >= 0.3 is 0 Å². The van der Waals surface area contributed by atoms with Gasteiger partial charge in [0.05, 0.1) is 23.7 Å². The number of nitrogens with zero attached hydrogens (tertiary/aromatic N) is 2. The molecule has 0 N–H and O–H groups in total. The summed E-state index contributed by atoms with van der Waals surface area (Å²) in [6.07, 6.45) is 1.49. The predicted octanol–water partition coefficient (Wildman–Crippen LogP) is 1.77. The summed E-state index contributed by atoms with van der Waals surface area (Å²) in [5.41, 5.74) is 0.431. The van der Waals surface area contributed by atoms with Crippen LogP contribution in [0.4, 0.5) is 0 Å². The molecule has 144 valence electrons. The van der Waals surface area contributed by atoms with Gasteiger partial charge in [-0.2, -0.15) is 0 Å². The van der Waals surface area contributed by atoms with Gasteiger partial charge in [0.25, 0.3) is 5.91 Å². The molecule has 0 unspecified atom stereocenters. The third-order valence-electron chi connectivity index (χ3n) is 4.81. The SMILES string of the molecule is CN(C)S(=O)(=O)c1ccc(I)c(C(=O)N2CCC(C3OCCO3)CC2)c1. The maximum absolute atomic E-state index is 12.9. The number of hydrogen-bond acceptors (Lipinski definition) is 5. The van der Waals surface area contributed by atoms with E-state index >= 15 is 0 Å². The number of carbonyl (C=O) groups excluding carboxylic acids is 1. The highest BCUT2D eigenvalue weighted by Crippen LogP contribution is 2.28. The van der Waals surface area contributed by atoms with Crippen LogP contribution in [0.1, 0.15) is 23.2 Å². The van der Waals surface area contributed by atoms with Crippen molar-refractivity contribution in [1.29, 1.82) is 0 Å². The molecular formula is C17H23IN2O5S. The number of rotatable bonds is 4. The van der Waals surface area contributed by atoms with Crippen molar-refractivity contribution in [1.82, 2.24) is 9.21 Å². The quantitative estimate of drug-likeness (QED) is 0.597. The number of halogens is 1. The lowest BCUT2D eigenvalue weighted by atomic mass is 9.95. The number of benzene rings is 1.